The van der Waals surface area contributed by atoms with E-state index in [2.05, 4.69) is 10.5 Å². The van der Waals surface area contributed by atoms with Gasteiger partial charge in [-0.2, -0.15) is 5.10 Å². The molecule has 0 radical (unpaired) electrons. The first-order valence-electron chi connectivity index (χ1n) is 5.16. The molecule has 0 aliphatic rings. The largest absolute Gasteiger partial charge is 0.350 e. The monoisotopic (exact) mass is 247 g/mol. The molecular formula is C12H13N3OS. The van der Waals surface area contributed by atoms with E-state index in [-0.39, 0.29) is 5.91 Å². The summed E-state index contributed by atoms with van der Waals surface area (Å²) < 4.78 is 1.92. The van der Waals surface area contributed by atoms with Crippen molar-refractivity contribution in [2.75, 3.05) is 0 Å². The van der Waals surface area contributed by atoms with Crippen LogP contribution in [0.3, 0.4) is 0 Å². The molecule has 0 saturated heterocycles. The van der Waals surface area contributed by atoms with E-state index in [1.807, 2.05) is 48.3 Å². The highest BCUT2D eigenvalue weighted by Gasteiger charge is 2.05. The van der Waals surface area contributed by atoms with Crippen LogP contribution < -0.4 is 5.43 Å². The van der Waals surface area contributed by atoms with Crippen LogP contribution in [0.1, 0.15) is 20.9 Å². The van der Waals surface area contributed by atoms with Crippen LogP contribution in [0.15, 0.2) is 34.9 Å². The van der Waals surface area contributed by atoms with Crippen LogP contribution in [0.5, 0.6) is 0 Å². The highest BCUT2D eigenvalue weighted by Crippen LogP contribution is 2.12. The molecule has 2 heterocycles. The molecule has 2 aromatic heterocycles. The first-order chi connectivity index (χ1) is 8.16. The van der Waals surface area contributed by atoms with Crippen molar-refractivity contribution >= 4 is 23.5 Å². The van der Waals surface area contributed by atoms with E-state index in [0.29, 0.717) is 5.56 Å². The van der Waals surface area contributed by atoms with Crippen LogP contribution in [0.2, 0.25) is 0 Å². The Morgan fingerprint density at radius 1 is 1.59 bits per heavy atom. The second-order valence-electron chi connectivity index (χ2n) is 3.69. The average Bonchev–Trinajstić information content (AvgIpc) is 2.88. The molecule has 0 aliphatic heterocycles. The molecule has 0 fully saturated rings. The Balaban J connectivity index is 1.97. The molecule has 17 heavy (non-hydrogen) atoms. The predicted molar refractivity (Wildman–Crippen MR) is 69.5 cm³/mol. The van der Waals surface area contributed by atoms with E-state index in [9.17, 15) is 4.79 Å². The van der Waals surface area contributed by atoms with Gasteiger partial charge >= 0.3 is 0 Å². The average molecular weight is 247 g/mol. The fourth-order valence-electron chi connectivity index (χ4n) is 1.39. The van der Waals surface area contributed by atoms with Crippen LogP contribution >= 0.6 is 11.3 Å². The molecule has 0 unspecified atom stereocenters. The van der Waals surface area contributed by atoms with Gasteiger partial charge in [0.1, 0.15) is 0 Å². The van der Waals surface area contributed by atoms with Gasteiger partial charge in [0.2, 0.25) is 0 Å². The molecule has 2 rings (SSSR count). The van der Waals surface area contributed by atoms with E-state index >= 15 is 0 Å². The van der Waals surface area contributed by atoms with Crippen molar-refractivity contribution in [2.45, 2.75) is 6.92 Å². The normalized spacial score (nSPS) is 10.9. The van der Waals surface area contributed by atoms with Gasteiger partial charge in [-0.1, -0.05) is 0 Å². The summed E-state index contributed by atoms with van der Waals surface area (Å²) in [7, 11) is 1.92. The second-order valence-corrected chi connectivity index (χ2v) is 4.80. The molecule has 0 aliphatic carbocycles. The zero-order chi connectivity index (χ0) is 12.3. The van der Waals surface area contributed by atoms with E-state index in [4.69, 9.17) is 0 Å². The number of nitrogens with zero attached hydrogens (tertiary/aromatic N) is 2. The van der Waals surface area contributed by atoms with Crippen LogP contribution in [0.25, 0.3) is 0 Å². The number of rotatable bonds is 3. The first-order valence-corrected chi connectivity index (χ1v) is 6.04. The molecule has 0 atom stereocenters. The molecule has 0 aromatic carbocycles. The Labute approximate surface area is 104 Å². The molecule has 4 nitrogen and oxygen atoms in total. The number of hydrazone groups is 1. The van der Waals surface area contributed by atoms with Gasteiger partial charge in [-0.05, 0) is 25.1 Å². The Bertz CT molecular complexity index is 554. The minimum atomic E-state index is -0.181. The molecule has 88 valence electrons. The molecule has 0 spiro atoms. The lowest BCUT2D eigenvalue weighted by molar-refractivity contribution is 0.0955. The molecule has 0 bridgehead atoms. The number of hydrogen-bond donors (Lipinski definition) is 1. The minimum absolute atomic E-state index is 0.181. The van der Waals surface area contributed by atoms with Gasteiger partial charge in [-0.3, -0.25) is 4.79 Å². The lowest BCUT2D eigenvalue weighted by atomic mass is 10.3. The summed E-state index contributed by atoms with van der Waals surface area (Å²) in [6.07, 6.45) is 3.54. The van der Waals surface area contributed by atoms with E-state index in [1.54, 1.807) is 17.6 Å². The van der Waals surface area contributed by atoms with Gasteiger partial charge < -0.3 is 4.57 Å². The summed E-state index contributed by atoms with van der Waals surface area (Å²) in [5.41, 5.74) is 4.09. The maximum atomic E-state index is 11.6. The number of aromatic nitrogens is 1. The fraction of sp³-hybridized carbons (Fsp3) is 0.167. The SMILES string of the molecule is Cc1cc(C(=O)N/N=C\c2cccn2C)cs1. The van der Waals surface area contributed by atoms with Crippen molar-refractivity contribution < 1.29 is 4.79 Å². The van der Waals surface area contributed by atoms with Crippen molar-refractivity contribution in [3.63, 3.8) is 0 Å². The molecule has 0 saturated carbocycles. The number of amides is 1. The first kappa shape index (κ1) is 11.6. The molecule has 1 N–H and O–H groups in total. The number of nitrogens with one attached hydrogen (secondary N) is 1. The molecule has 1 amide bonds. The van der Waals surface area contributed by atoms with Gasteiger partial charge in [0, 0.05) is 23.5 Å². The van der Waals surface area contributed by atoms with Gasteiger partial charge in [-0.25, -0.2) is 5.43 Å². The van der Waals surface area contributed by atoms with Crippen molar-refractivity contribution in [2.24, 2.45) is 12.1 Å². The van der Waals surface area contributed by atoms with Crippen LogP contribution in [0.4, 0.5) is 0 Å². The summed E-state index contributed by atoms with van der Waals surface area (Å²) in [5, 5.41) is 5.74. The number of thiophene rings is 1. The molecular weight excluding hydrogens is 234 g/mol. The number of carbonyl (C=O) groups is 1. The Morgan fingerprint density at radius 3 is 3.00 bits per heavy atom. The van der Waals surface area contributed by atoms with Crippen molar-refractivity contribution in [3.05, 3.63) is 45.9 Å². The van der Waals surface area contributed by atoms with Crippen LogP contribution in [-0.2, 0) is 7.05 Å². The Morgan fingerprint density at radius 2 is 2.41 bits per heavy atom. The number of carbonyl (C=O) groups excluding carboxylic acids is 1. The predicted octanol–water partition coefficient (Wildman–Crippen LogP) is 2.16. The summed E-state index contributed by atoms with van der Waals surface area (Å²) in [5.74, 6) is -0.181. The van der Waals surface area contributed by atoms with E-state index in [1.165, 1.54) is 0 Å². The third-order valence-corrected chi connectivity index (χ3v) is 3.20. The third-order valence-electron chi connectivity index (χ3n) is 2.34. The standard InChI is InChI=1S/C12H13N3OS/c1-9-6-10(8-17-9)12(16)14-13-7-11-4-3-5-15(11)2/h3-8H,1-2H3,(H,14,16)/b13-7-. The van der Waals surface area contributed by atoms with Gasteiger partial charge in [0.05, 0.1) is 17.5 Å². The minimum Gasteiger partial charge on any atom is -0.350 e. The molecule has 5 heteroatoms. The number of hydrogen-bond acceptors (Lipinski definition) is 3. The zero-order valence-electron chi connectivity index (χ0n) is 9.68. The molecule has 2 aromatic rings. The maximum absolute atomic E-state index is 11.6. The lowest BCUT2D eigenvalue weighted by Crippen LogP contribution is -2.17. The van der Waals surface area contributed by atoms with Crippen molar-refractivity contribution in [1.29, 1.82) is 0 Å². The zero-order valence-corrected chi connectivity index (χ0v) is 10.5. The second kappa shape index (κ2) is 4.97. The van der Waals surface area contributed by atoms with Gasteiger partial charge in [-0.15, -0.1) is 11.3 Å². The fourth-order valence-corrected chi connectivity index (χ4v) is 2.08. The highest BCUT2D eigenvalue weighted by molar-refractivity contribution is 7.10. The summed E-state index contributed by atoms with van der Waals surface area (Å²) in [6.45, 7) is 1.97. The Hall–Kier alpha value is -1.88. The summed E-state index contributed by atoms with van der Waals surface area (Å²) in [4.78, 5) is 12.8. The Kier molecular flexibility index (Phi) is 3.39. The topological polar surface area (TPSA) is 46.4 Å². The summed E-state index contributed by atoms with van der Waals surface area (Å²) >= 11 is 1.55. The van der Waals surface area contributed by atoms with Crippen molar-refractivity contribution in [3.8, 4) is 0 Å². The van der Waals surface area contributed by atoms with Gasteiger partial charge in [0.25, 0.3) is 5.91 Å². The van der Waals surface area contributed by atoms with Crippen LogP contribution in [-0.4, -0.2) is 16.7 Å². The van der Waals surface area contributed by atoms with E-state index < -0.39 is 0 Å². The smallest absolute Gasteiger partial charge is 0.272 e. The van der Waals surface area contributed by atoms with Crippen LogP contribution in [0, 0.1) is 6.92 Å². The highest BCUT2D eigenvalue weighted by atomic mass is 32.1. The quantitative estimate of drug-likeness (QED) is 0.655. The lowest BCUT2D eigenvalue weighted by Gasteiger charge is -1.97. The third kappa shape index (κ3) is 2.82. The van der Waals surface area contributed by atoms with Gasteiger partial charge in [0.15, 0.2) is 0 Å². The maximum Gasteiger partial charge on any atom is 0.272 e. The summed E-state index contributed by atoms with van der Waals surface area (Å²) in [6, 6.07) is 5.69. The van der Waals surface area contributed by atoms with Crippen molar-refractivity contribution in [1.82, 2.24) is 9.99 Å². The number of aryl methyl sites for hydroxylation is 2. The van der Waals surface area contributed by atoms with E-state index in [0.717, 1.165) is 10.6 Å².